The molecule has 1 N–H and O–H groups in total. The van der Waals surface area contributed by atoms with E-state index in [0.29, 0.717) is 14.6 Å². The van der Waals surface area contributed by atoms with Crippen molar-refractivity contribution in [2.24, 2.45) is 17.8 Å². The van der Waals surface area contributed by atoms with Crippen LogP contribution in [0.15, 0.2) is 35.2 Å². The summed E-state index contributed by atoms with van der Waals surface area (Å²) in [6.45, 7) is 4.26. The molecule has 160 valence electrons. The van der Waals surface area contributed by atoms with E-state index in [-0.39, 0.29) is 5.91 Å². The van der Waals surface area contributed by atoms with E-state index in [9.17, 15) is 4.79 Å². The van der Waals surface area contributed by atoms with Gasteiger partial charge in [0.05, 0.1) is 4.91 Å². The molecule has 5 aliphatic rings. The van der Waals surface area contributed by atoms with Crippen LogP contribution in [0.25, 0.3) is 11.8 Å². The molecule has 0 spiro atoms. The fourth-order valence-corrected chi connectivity index (χ4v) is 8.36. The normalized spacial score (nSPS) is 32.8. The third-order valence-corrected chi connectivity index (χ3v) is 9.34. The van der Waals surface area contributed by atoms with Gasteiger partial charge < -0.3 is 9.88 Å². The fourth-order valence-electron chi connectivity index (χ4n) is 7.32. The Labute approximate surface area is 193 Å². The smallest absolute Gasteiger partial charge is 0.263 e. The predicted octanol–water partition coefficient (Wildman–Crippen LogP) is 6.05. The van der Waals surface area contributed by atoms with E-state index < -0.39 is 0 Å². The van der Waals surface area contributed by atoms with E-state index in [1.165, 1.54) is 61.7 Å². The van der Waals surface area contributed by atoms with Crippen molar-refractivity contribution in [3.05, 3.63) is 57.8 Å². The van der Waals surface area contributed by atoms with Crippen LogP contribution < -0.4 is 5.32 Å². The molecular formula is C26H28N2OS2. The van der Waals surface area contributed by atoms with Gasteiger partial charge in [-0.15, -0.1) is 0 Å². The molecule has 0 radical (unpaired) electrons. The summed E-state index contributed by atoms with van der Waals surface area (Å²) in [5, 5.41) is 2.70. The molecule has 1 aliphatic heterocycles. The van der Waals surface area contributed by atoms with Crippen molar-refractivity contribution in [2.45, 2.75) is 57.8 Å². The highest BCUT2D eigenvalue weighted by Gasteiger charge is 2.51. The standard InChI is InChI=1S/C26H28N2OS2/c1-15-7-20(11-23-24(29)27-25(30)31-23)16(2)28(15)22-5-3-21(4-6-22)26-12-17-8-18(13-26)10-19(9-17)14-26/h3-7,11,17-19H,8-10,12-14H2,1-2H3,(H,27,29,30)/b23-11-. The molecule has 4 aliphatic carbocycles. The van der Waals surface area contributed by atoms with Gasteiger partial charge in [-0.25, -0.2) is 0 Å². The van der Waals surface area contributed by atoms with Crippen LogP contribution in [-0.2, 0) is 10.2 Å². The lowest BCUT2D eigenvalue weighted by atomic mass is 9.48. The van der Waals surface area contributed by atoms with Crippen LogP contribution >= 0.6 is 24.0 Å². The topological polar surface area (TPSA) is 34.0 Å². The van der Waals surface area contributed by atoms with Crippen LogP contribution in [-0.4, -0.2) is 14.8 Å². The molecule has 31 heavy (non-hydrogen) atoms. The van der Waals surface area contributed by atoms with Gasteiger partial charge in [0.15, 0.2) is 0 Å². The molecule has 0 atom stereocenters. The minimum absolute atomic E-state index is 0.0975. The lowest BCUT2D eigenvalue weighted by Crippen LogP contribution is -2.48. The maximum absolute atomic E-state index is 12.1. The third-order valence-electron chi connectivity index (χ3n) is 8.18. The van der Waals surface area contributed by atoms with Crippen LogP contribution in [0.5, 0.6) is 0 Å². The van der Waals surface area contributed by atoms with Crippen molar-refractivity contribution in [3.63, 3.8) is 0 Å². The zero-order valence-electron chi connectivity index (χ0n) is 18.1. The number of nitrogens with one attached hydrogen (secondary N) is 1. The summed E-state index contributed by atoms with van der Waals surface area (Å²) in [6.07, 6.45) is 10.6. The van der Waals surface area contributed by atoms with Gasteiger partial charge in [0.2, 0.25) is 0 Å². The predicted molar refractivity (Wildman–Crippen MR) is 131 cm³/mol. The fraction of sp³-hybridized carbons (Fsp3) is 0.462. The number of nitrogens with zero attached hydrogens (tertiary/aromatic N) is 1. The van der Waals surface area contributed by atoms with Gasteiger partial charge >= 0.3 is 0 Å². The number of benzene rings is 1. The van der Waals surface area contributed by atoms with E-state index in [1.807, 2.05) is 6.08 Å². The van der Waals surface area contributed by atoms with Gasteiger partial charge in [-0.1, -0.05) is 36.1 Å². The average molecular weight is 449 g/mol. The first kappa shape index (κ1) is 19.8. The molecule has 3 nitrogen and oxygen atoms in total. The van der Waals surface area contributed by atoms with Crippen molar-refractivity contribution < 1.29 is 4.79 Å². The first-order valence-electron chi connectivity index (χ1n) is 11.4. The Morgan fingerprint density at radius 2 is 1.68 bits per heavy atom. The molecule has 4 saturated carbocycles. The van der Waals surface area contributed by atoms with Crippen LogP contribution in [0.4, 0.5) is 0 Å². The molecule has 5 heteroatoms. The van der Waals surface area contributed by atoms with Crippen LogP contribution in [0.1, 0.15) is 61.0 Å². The Balaban J connectivity index is 1.31. The number of carbonyl (C=O) groups is 1. The Morgan fingerprint density at radius 3 is 2.23 bits per heavy atom. The summed E-state index contributed by atoms with van der Waals surface area (Å²) in [5.41, 5.74) is 6.61. The Morgan fingerprint density at radius 1 is 1.06 bits per heavy atom. The SMILES string of the molecule is Cc1cc(/C=C2\SC(=S)NC2=O)c(C)n1-c1ccc(C23CC4CC(CC(C4)C2)C3)cc1. The molecular weight excluding hydrogens is 420 g/mol. The van der Waals surface area contributed by atoms with E-state index in [2.05, 4.69) is 54.1 Å². The second-order valence-electron chi connectivity index (χ2n) is 10.3. The highest BCUT2D eigenvalue weighted by molar-refractivity contribution is 8.26. The lowest BCUT2D eigenvalue weighted by Gasteiger charge is -2.57. The van der Waals surface area contributed by atoms with Crippen LogP contribution in [0, 0.1) is 31.6 Å². The minimum Gasteiger partial charge on any atom is -0.318 e. The maximum atomic E-state index is 12.1. The summed E-state index contributed by atoms with van der Waals surface area (Å²) < 4.78 is 2.83. The summed E-state index contributed by atoms with van der Waals surface area (Å²) >= 11 is 6.46. The molecule has 2 heterocycles. The Hall–Kier alpha value is -1.85. The number of aromatic nitrogens is 1. The summed E-state index contributed by atoms with van der Waals surface area (Å²) in [7, 11) is 0. The summed E-state index contributed by atoms with van der Waals surface area (Å²) in [6, 6.07) is 11.6. The zero-order chi connectivity index (χ0) is 21.3. The summed E-state index contributed by atoms with van der Waals surface area (Å²) in [4.78, 5) is 12.7. The van der Waals surface area contributed by atoms with Gasteiger partial charge in [0, 0.05) is 17.1 Å². The van der Waals surface area contributed by atoms with E-state index in [1.54, 1.807) is 5.56 Å². The van der Waals surface area contributed by atoms with Gasteiger partial charge in [-0.05, 0) is 111 Å². The highest BCUT2D eigenvalue weighted by Crippen LogP contribution is 2.60. The molecule has 4 bridgehead atoms. The Bertz CT molecular complexity index is 1090. The van der Waals surface area contributed by atoms with Crippen LogP contribution in [0.3, 0.4) is 0 Å². The van der Waals surface area contributed by atoms with Gasteiger partial charge in [-0.2, -0.15) is 0 Å². The molecule has 1 aromatic carbocycles. The van der Waals surface area contributed by atoms with Gasteiger partial charge in [-0.3, -0.25) is 4.79 Å². The highest BCUT2D eigenvalue weighted by atomic mass is 32.2. The number of hydrogen-bond acceptors (Lipinski definition) is 3. The second kappa shape index (κ2) is 7.08. The van der Waals surface area contributed by atoms with Gasteiger partial charge in [0.1, 0.15) is 4.32 Å². The Kier molecular flexibility index (Phi) is 4.52. The third kappa shape index (κ3) is 3.23. The zero-order valence-corrected chi connectivity index (χ0v) is 19.7. The average Bonchev–Trinajstić information content (AvgIpc) is 3.18. The van der Waals surface area contributed by atoms with Crippen molar-refractivity contribution in [1.29, 1.82) is 0 Å². The number of carbonyl (C=O) groups excluding carboxylic acids is 1. The quantitative estimate of drug-likeness (QED) is 0.458. The number of thiocarbonyl (C=S) groups is 1. The number of rotatable bonds is 3. The number of aryl methyl sites for hydroxylation is 1. The maximum Gasteiger partial charge on any atom is 0.263 e. The second-order valence-corrected chi connectivity index (χ2v) is 12.0. The van der Waals surface area contributed by atoms with Crippen molar-refractivity contribution in [1.82, 2.24) is 9.88 Å². The molecule has 1 amide bonds. The number of hydrogen-bond donors (Lipinski definition) is 1. The monoisotopic (exact) mass is 448 g/mol. The molecule has 1 aromatic heterocycles. The number of amides is 1. The minimum atomic E-state index is -0.0975. The largest absolute Gasteiger partial charge is 0.318 e. The van der Waals surface area contributed by atoms with E-state index in [0.717, 1.165) is 29.0 Å². The van der Waals surface area contributed by atoms with Gasteiger partial charge in [0.25, 0.3) is 5.91 Å². The number of thioether (sulfide) groups is 1. The molecule has 7 rings (SSSR count). The first-order chi connectivity index (χ1) is 14.9. The van der Waals surface area contributed by atoms with E-state index in [4.69, 9.17) is 12.2 Å². The first-order valence-corrected chi connectivity index (χ1v) is 12.7. The molecule has 1 saturated heterocycles. The van der Waals surface area contributed by atoms with E-state index >= 15 is 0 Å². The van der Waals surface area contributed by atoms with Crippen molar-refractivity contribution >= 4 is 40.3 Å². The molecule has 0 unspecified atom stereocenters. The van der Waals surface area contributed by atoms with Crippen LogP contribution in [0.2, 0.25) is 0 Å². The van der Waals surface area contributed by atoms with Crippen molar-refractivity contribution in [3.8, 4) is 5.69 Å². The summed E-state index contributed by atoms with van der Waals surface area (Å²) in [5.74, 6) is 2.80. The lowest BCUT2D eigenvalue weighted by molar-refractivity contribution is -0.115. The molecule has 5 fully saturated rings. The molecule has 2 aromatic rings. The van der Waals surface area contributed by atoms with Crippen molar-refractivity contribution in [2.75, 3.05) is 0 Å².